The summed E-state index contributed by atoms with van der Waals surface area (Å²) >= 11 is 0. The third-order valence-electron chi connectivity index (χ3n) is 5.08. The highest BCUT2D eigenvalue weighted by molar-refractivity contribution is 7.86. The van der Waals surface area contributed by atoms with Gasteiger partial charge in [-0.05, 0) is 45.8 Å². The standard InChI is InChI=1S/C17H25N3O6S/c1-17(2)16(26-27(3,23)24)15(19-7-5-4-6-8-19)11-9-12(18)13(20(21)22)10-14(11)25-17/h9-10,15-16H,4-8,18H2,1-3H3/t15-,16+/m1/s1. The zero-order valence-electron chi connectivity index (χ0n) is 15.7. The van der Waals surface area contributed by atoms with Crippen molar-refractivity contribution in [1.82, 2.24) is 4.90 Å². The van der Waals surface area contributed by atoms with E-state index in [-0.39, 0.29) is 11.4 Å². The van der Waals surface area contributed by atoms with Gasteiger partial charge in [-0.1, -0.05) is 6.42 Å². The van der Waals surface area contributed by atoms with Gasteiger partial charge in [0.15, 0.2) is 0 Å². The molecule has 10 heteroatoms. The smallest absolute Gasteiger partial charge is 0.295 e. The van der Waals surface area contributed by atoms with E-state index in [4.69, 9.17) is 14.7 Å². The van der Waals surface area contributed by atoms with Crippen LogP contribution in [-0.2, 0) is 14.3 Å². The molecule has 1 aromatic rings. The Hall–Kier alpha value is -1.91. The van der Waals surface area contributed by atoms with E-state index < -0.39 is 32.8 Å². The first kappa shape index (κ1) is 19.8. The van der Waals surface area contributed by atoms with Crippen molar-refractivity contribution in [2.75, 3.05) is 25.1 Å². The number of ether oxygens (including phenoxy) is 1. The Balaban J connectivity index is 2.16. The van der Waals surface area contributed by atoms with Gasteiger partial charge in [0.2, 0.25) is 0 Å². The SMILES string of the molecule is CC1(C)Oc2cc([N+](=O)[O-])c(N)cc2[C@@H](N2CCCCC2)[C@@H]1OS(C)(=O)=O. The van der Waals surface area contributed by atoms with Crippen LogP contribution in [0.1, 0.15) is 44.7 Å². The Labute approximate surface area is 158 Å². The minimum atomic E-state index is -3.75. The number of anilines is 1. The van der Waals surface area contributed by atoms with Crippen LogP contribution in [0.15, 0.2) is 12.1 Å². The normalized spacial score (nSPS) is 25.4. The lowest BCUT2D eigenvalue weighted by Crippen LogP contribution is -2.56. The predicted octanol–water partition coefficient (Wildman–Crippen LogP) is 2.22. The fraction of sp³-hybridized carbons (Fsp3) is 0.647. The zero-order valence-corrected chi connectivity index (χ0v) is 16.5. The molecule has 0 saturated carbocycles. The van der Waals surface area contributed by atoms with E-state index in [0.717, 1.165) is 38.6 Å². The molecule has 2 heterocycles. The Morgan fingerprint density at radius 1 is 1.30 bits per heavy atom. The van der Waals surface area contributed by atoms with Crippen molar-refractivity contribution in [3.63, 3.8) is 0 Å². The largest absolute Gasteiger partial charge is 0.484 e. The van der Waals surface area contributed by atoms with Gasteiger partial charge in [-0.2, -0.15) is 8.42 Å². The van der Waals surface area contributed by atoms with Gasteiger partial charge in [0, 0.05) is 5.56 Å². The Bertz CT molecular complexity index is 848. The number of rotatable bonds is 4. The molecule has 2 aliphatic heterocycles. The number of hydrogen-bond acceptors (Lipinski definition) is 8. The van der Waals surface area contributed by atoms with E-state index in [0.29, 0.717) is 11.3 Å². The van der Waals surface area contributed by atoms with Crippen LogP contribution < -0.4 is 10.5 Å². The van der Waals surface area contributed by atoms with Gasteiger partial charge in [0.1, 0.15) is 23.1 Å². The minimum absolute atomic E-state index is 0.0159. The van der Waals surface area contributed by atoms with Crippen molar-refractivity contribution in [2.24, 2.45) is 0 Å². The molecule has 2 N–H and O–H groups in total. The summed E-state index contributed by atoms with van der Waals surface area (Å²) in [7, 11) is -3.75. The van der Waals surface area contributed by atoms with E-state index in [1.54, 1.807) is 13.8 Å². The fourth-order valence-corrected chi connectivity index (χ4v) is 4.62. The summed E-state index contributed by atoms with van der Waals surface area (Å²) in [5.41, 5.74) is 5.29. The van der Waals surface area contributed by atoms with Crippen molar-refractivity contribution in [1.29, 1.82) is 0 Å². The number of nitrogens with zero attached hydrogens (tertiary/aromatic N) is 2. The number of nitrogens with two attached hydrogens (primary N) is 1. The van der Waals surface area contributed by atoms with Crippen LogP contribution in [0.25, 0.3) is 0 Å². The second-order valence-electron chi connectivity index (χ2n) is 7.67. The molecule has 0 radical (unpaired) electrons. The first-order valence-electron chi connectivity index (χ1n) is 8.89. The van der Waals surface area contributed by atoms with E-state index in [1.807, 2.05) is 0 Å². The van der Waals surface area contributed by atoms with Crippen molar-refractivity contribution in [3.8, 4) is 5.75 Å². The predicted molar refractivity (Wildman–Crippen MR) is 100 cm³/mol. The summed E-state index contributed by atoms with van der Waals surface area (Å²) in [6, 6.07) is 2.41. The van der Waals surface area contributed by atoms with E-state index in [2.05, 4.69) is 4.90 Å². The summed E-state index contributed by atoms with van der Waals surface area (Å²) in [5.74, 6) is 0.338. The molecule has 0 unspecified atom stereocenters. The maximum atomic E-state index is 11.9. The average molecular weight is 399 g/mol. The van der Waals surface area contributed by atoms with Crippen LogP contribution in [0.3, 0.4) is 0 Å². The molecule has 0 spiro atoms. The molecule has 9 nitrogen and oxygen atoms in total. The Morgan fingerprint density at radius 3 is 2.48 bits per heavy atom. The molecule has 3 rings (SSSR count). The molecule has 0 amide bonds. The number of likely N-dealkylation sites (tertiary alicyclic amines) is 1. The van der Waals surface area contributed by atoms with Crippen LogP contribution in [-0.4, -0.2) is 49.3 Å². The second kappa shape index (κ2) is 6.92. The summed E-state index contributed by atoms with van der Waals surface area (Å²) in [6.07, 6.45) is 3.29. The maximum absolute atomic E-state index is 11.9. The number of fused-ring (bicyclic) bond motifs is 1. The minimum Gasteiger partial charge on any atom is -0.484 e. The quantitative estimate of drug-likeness (QED) is 0.354. The average Bonchev–Trinajstić information content (AvgIpc) is 2.55. The first-order chi connectivity index (χ1) is 12.5. The molecular weight excluding hydrogens is 374 g/mol. The highest BCUT2D eigenvalue weighted by Crippen LogP contribution is 2.48. The van der Waals surface area contributed by atoms with E-state index in [9.17, 15) is 18.5 Å². The molecule has 0 bridgehead atoms. The van der Waals surface area contributed by atoms with Crippen LogP contribution in [0, 0.1) is 10.1 Å². The van der Waals surface area contributed by atoms with Gasteiger partial charge in [-0.15, -0.1) is 0 Å². The topological polar surface area (TPSA) is 125 Å². The number of nitrogen functional groups attached to an aromatic ring is 1. The molecule has 0 aliphatic carbocycles. The third kappa shape index (κ3) is 4.02. The first-order valence-corrected chi connectivity index (χ1v) is 10.7. The number of nitro benzene ring substituents is 1. The fourth-order valence-electron chi connectivity index (χ4n) is 3.91. The lowest BCUT2D eigenvalue weighted by Gasteiger charge is -2.48. The molecule has 150 valence electrons. The van der Waals surface area contributed by atoms with Crippen molar-refractivity contribution in [3.05, 3.63) is 27.8 Å². The molecule has 1 fully saturated rings. The van der Waals surface area contributed by atoms with Crippen LogP contribution in [0.5, 0.6) is 5.75 Å². The molecule has 1 aromatic carbocycles. The highest BCUT2D eigenvalue weighted by atomic mass is 32.2. The van der Waals surface area contributed by atoms with Gasteiger partial charge < -0.3 is 10.5 Å². The maximum Gasteiger partial charge on any atom is 0.295 e. The highest BCUT2D eigenvalue weighted by Gasteiger charge is 2.49. The molecule has 2 aliphatic rings. The van der Waals surface area contributed by atoms with Crippen LogP contribution >= 0.6 is 0 Å². The molecule has 27 heavy (non-hydrogen) atoms. The monoisotopic (exact) mass is 399 g/mol. The Morgan fingerprint density at radius 2 is 1.93 bits per heavy atom. The van der Waals surface area contributed by atoms with E-state index in [1.165, 1.54) is 12.1 Å². The lowest BCUT2D eigenvalue weighted by molar-refractivity contribution is -0.384. The number of hydrogen-bond donors (Lipinski definition) is 1. The summed E-state index contributed by atoms with van der Waals surface area (Å²) in [6.45, 7) is 5.01. The number of nitro groups is 1. The van der Waals surface area contributed by atoms with Crippen molar-refractivity contribution >= 4 is 21.5 Å². The van der Waals surface area contributed by atoms with Crippen molar-refractivity contribution < 1.29 is 22.3 Å². The van der Waals surface area contributed by atoms with Gasteiger partial charge in [-0.3, -0.25) is 19.2 Å². The molecule has 1 saturated heterocycles. The summed E-state index contributed by atoms with van der Waals surface area (Å²) in [4.78, 5) is 12.9. The van der Waals surface area contributed by atoms with Crippen LogP contribution in [0.2, 0.25) is 0 Å². The molecular formula is C17H25N3O6S. The van der Waals surface area contributed by atoms with Gasteiger partial charge in [0.05, 0.1) is 23.3 Å². The van der Waals surface area contributed by atoms with Gasteiger partial charge in [0.25, 0.3) is 15.8 Å². The second-order valence-corrected chi connectivity index (χ2v) is 9.27. The van der Waals surface area contributed by atoms with Crippen molar-refractivity contribution in [2.45, 2.75) is 50.9 Å². The van der Waals surface area contributed by atoms with Gasteiger partial charge >= 0.3 is 0 Å². The number of piperidine rings is 1. The third-order valence-corrected chi connectivity index (χ3v) is 5.64. The van der Waals surface area contributed by atoms with Gasteiger partial charge in [-0.25, -0.2) is 0 Å². The van der Waals surface area contributed by atoms with Crippen LogP contribution in [0.4, 0.5) is 11.4 Å². The zero-order chi connectivity index (χ0) is 20.0. The summed E-state index contributed by atoms with van der Waals surface area (Å²) in [5, 5.41) is 11.3. The summed E-state index contributed by atoms with van der Waals surface area (Å²) < 4.78 is 35.3. The number of benzene rings is 1. The Kier molecular flexibility index (Phi) is 5.08. The van der Waals surface area contributed by atoms with E-state index >= 15 is 0 Å². The molecule has 0 aromatic heterocycles. The molecule has 2 atom stereocenters. The lowest BCUT2D eigenvalue weighted by atomic mass is 9.84.